The summed E-state index contributed by atoms with van der Waals surface area (Å²) in [5.74, 6) is 0.722. The molecule has 6 aromatic rings. The third-order valence-corrected chi connectivity index (χ3v) is 6.45. The molecular formula is C27H21N7. The topological polar surface area (TPSA) is 86.4 Å². The first-order chi connectivity index (χ1) is 16.7. The van der Waals surface area contributed by atoms with Gasteiger partial charge in [0.05, 0.1) is 22.7 Å². The Hall–Kier alpha value is -4.36. The van der Waals surface area contributed by atoms with Crippen LogP contribution in [0, 0.1) is 0 Å². The Labute approximate surface area is 195 Å². The van der Waals surface area contributed by atoms with Crippen molar-refractivity contribution < 1.29 is 0 Å². The Morgan fingerprint density at radius 2 is 1.68 bits per heavy atom. The largest absolute Gasteiger partial charge is 0.335 e. The molecule has 2 N–H and O–H groups in total. The predicted octanol–water partition coefficient (Wildman–Crippen LogP) is 5.18. The van der Waals surface area contributed by atoms with Crippen LogP contribution in [0.15, 0.2) is 73.3 Å². The molecule has 7 rings (SSSR count). The second-order valence-corrected chi connectivity index (χ2v) is 8.96. The van der Waals surface area contributed by atoms with E-state index in [1.165, 1.54) is 11.1 Å². The first-order valence-electron chi connectivity index (χ1n) is 11.3. The number of hydrogen-bond donors (Lipinski definition) is 2. The first kappa shape index (κ1) is 19.1. The highest BCUT2D eigenvalue weighted by molar-refractivity contribution is 5.98. The number of fused-ring (bicyclic) bond motifs is 9. The van der Waals surface area contributed by atoms with Gasteiger partial charge in [0.15, 0.2) is 5.82 Å². The molecule has 0 saturated carbocycles. The Balaban J connectivity index is 1.51. The van der Waals surface area contributed by atoms with Crippen LogP contribution in [0.25, 0.3) is 55.7 Å². The molecule has 0 fully saturated rings. The predicted molar refractivity (Wildman–Crippen MR) is 133 cm³/mol. The lowest BCUT2D eigenvalue weighted by atomic mass is 10.0. The van der Waals surface area contributed by atoms with Crippen molar-refractivity contribution in [3.8, 4) is 33.8 Å². The van der Waals surface area contributed by atoms with Crippen LogP contribution in [0.1, 0.15) is 11.1 Å². The Kier molecular flexibility index (Phi) is 4.13. The second-order valence-electron chi connectivity index (χ2n) is 8.96. The van der Waals surface area contributed by atoms with Gasteiger partial charge in [-0.2, -0.15) is 5.10 Å². The molecular weight excluding hydrogens is 422 g/mol. The number of aromatic nitrogens is 6. The van der Waals surface area contributed by atoms with E-state index in [2.05, 4.69) is 85.6 Å². The van der Waals surface area contributed by atoms with E-state index in [1.807, 2.05) is 24.8 Å². The normalized spacial score (nSPS) is 13.7. The summed E-state index contributed by atoms with van der Waals surface area (Å²) < 4.78 is 0. The molecule has 0 spiro atoms. The number of pyridine rings is 2. The summed E-state index contributed by atoms with van der Waals surface area (Å²) in [6.45, 7) is 1.64. The van der Waals surface area contributed by atoms with Crippen LogP contribution < -0.4 is 0 Å². The van der Waals surface area contributed by atoms with Gasteiger partial charge in [0.25, 0.3) is 0 Å². The quantitative estimate of drug-likeness (QED) is 0.338. The molecule has 0 aliphatic carbocycles. The van der Waals surface area contributed by atoms with Gasteiger partial charge in [-0.15, -0.1) is 0 Å². The standard InChI is InChI=1S/C27H21N7/c1-34-14-16-3-2-4-19(7-16)22-12-29-13-24-25(22)31-27(30-24)26-21-9-18(5-6-23(21)32-33-26)20-8-17(15-34)10-28-11-20/h2-13H,14-15H2,1H3,(H,30,31)(H,32,33). The number of nitrogens with one attached hydrogen (secondary N) is 2. The number of H-pyrrole nitrogens is 2. The monoisotopic (exact) mass is 443 g/mol. The maximum absolute atomic E-state index is 4.98. The molecule has 0 saturated heterocycles. The maximum Gasteiger partial charge on any atom is 0.159 e. The van der Waals surface area contributed by atoms with Gasteiger partial charge in [0.2, 0.25) is 0 Å². The van der Waals surface area contributed by atoms with Crippen molar-refractivity contribution in [3.63, 3.8) is 0 Å². The van der Waals surface area contributed by atoms with Crippen molar-refractivity contribution in [2.24, 2.45) is 0 Å². The van der Waals surface area contributed by atoms with Gasteiger partial charge >= 0.3 is 0 Å². The smallest absolute Gasteiger partial charge is 0.159 e. The number of rotatable bonds is 0. The highest BCUT2D eigenvalue weighted by Gasteiger charge is 2.17. The van der Waals surface area contributed by atoms with Crippen LogP contribution >= 0.6 is 0 Å². The molecule has 2 aromatic carbocycles. The Morgan fingerprint density at radius 1 is 0.794 bits per heavy atom. The van der Waals surface area contributed by atoms with E-state index < -0.39 is 0 Å². The average molecular weight is 444 g/mol. The van der Waals surface area contributed by atoms with Crippen LogP contribution in [0.3, 0.4) is 0 Å². The van der Waals surface area contributed by atoms with E-state index in [1.54, 1.807) is 0 Å². The Morgan fingerprint density at radius 3 is 2.65 bits per heavy atom. The molecule has 1 aliphatic heterocycles. The van der Waals surface area contributed by atoms with E-state index in [-0.39, 0.29) is 0 Å². The summed E-state index contributed by atoms with van der Waals surface area (Å²) >= 11 is 0. The Bertz CT molecular complexity index is 1690. The lowest BCUT2D eigenvalue weighted by molar-refractivity contribution is 0.319. The van der Waals surface area contributed by atoms with Crippen LogP contribution in [0.2, 0.25) is 0 Å². The van der Waals surface area contributed by atoms with Crippen LogP contribution in [-0.4, -0.2) is 42.1 Å². The summed E-state index contributed by atoms with van der Waals surface area (Å²) in [4.78, 5) is 19.8. The minimum Gasteiger partial charge on any atom is -0.335 e. The lowest BCUT2D eigenvalue weighted by Crippen LogP contribution is -2.17. The third kappa shape index (κ3) is 3.09. The fourth-order valence-corrected chi connectivity index (χ4v) is 4.88. The molecule has 0 atom stereocenters. The molecule has 0 radical (unpaired) electrons. The van der Waals surface area contributed by atoms with E-state index in [4.69, 9.17) is 4.98 Å². The van der Waals surface area contributed by atoms with Gasteiger partial charge in [-0.1, -0.05) is 24.3 Å². The number of benzene rings is 2. The van der Waals surface area contributed by atoms with Crippen LogP contribution in [0.4, 0.5) is 0 Å². The molecule has 34 heavy (non-hydrogen) atoms. The van der Waals surface area contributed by atoms with Gasteiger partial charge < -0.3 is 4.98 Å². The fraction of sp³-hybridized carbons (Fsp3) is 0.111. The maximum atomic E-state index is 4.98. The number of imidazole rings is 1. The van der Waals surface area contributed by atoms with Gasteiger partial charge in [-0.3, -0.25) is 20.0 Å². The molecule has 164 valence electrons. The van der Waals surface area contributed by atoms with E-state index >= 15 is 0 Å². The van der Waals surface area contributed by atoms with Crippen LogP contribution in [0.5, 0.6) is 0 Å². The molecule has 7 heteroatoms. The highest BCUT2D eigenvalue weighted by atomic mass is 15.1. The zero-order valence-electron chi connectivity index (χ0n) is 18.6. The zero-order valence-corrected chi connectivity index (χ0v) is 18.6. The van der Waals surface area contributed by atoms with E-state index in [0.29, 0.717) is 0 Å². The first-order valence-corrected chi connectivity index (χ1v) is 11.3. The van der Waals surface area contributed by atoms with Crippen molar-refractivity contribution in [2.75, 3.05) is 7.05 Å². The zero-order chi connectivity index (χ0) is 22.6. The lowest BCUT2D eigenvalue weighted by Gasteiger charge is -2.18. The van der Waals surface area contributed by atoms with Crippen LogP contribution in [-0.2, 0) is 13.1 Å². The van der Waals surface area contributed by atoms with Gasteiger partial charge in [0.1, 0.15) is 5.69 Å². The fourth-order valence-electron chi connectivity index (χ4n) is 4.88. The summed E-state index contributed by atoms with van der Waals surface area (Å²) in [7, 11) is 2.14. The van der Waals surface area contributed by atoms with E-state index in [9.17, 15) is 0 Å². The van der Waals surface area contributed by atoms with Crippen molar-refractivity contribution in [1.82, 2.24) is 35.0 Å². The molecule has 0 amide bonds. The molecule has 7 nitrogen and oxygen atoms in total. The number of nitrogens with zero attached hydrogens (tertiary/aromatic N) is 5. The molecule has 0 unspecified atom stereocenters. The van der Waals surface area contributed by atoms with Crippen molar-refractivity contribution in [3.05, 3.63) is 84.4 Å². The van der Waals surface area contributed by atoms with E-state index in [0.717, 1.165) is 68.8 Å². The second kappa shape index (κ2) is 7.33. The van der Waals surface area contributed by atoms with Gasteiger partial charge in [0, 0.05) is 48.2 Å². The summed E-state index contributed by atoms with van der Waals surface area (Å²) in [5.41, 5.74) is 10.2. The molecule has 8 bridgehead atoms. The van der Waals surface area contributed by atoms with Crippen molar-refractivity contribution in [1.29, 1.82) is 0 Å². The average Bonchev–Trinajstić information content (AvgIpc) is 3.47. The number of hydrogen-bond acceptors (Lipinski definition) is 5. The van der Waals surface area contributed by atoms with Crippen molar-refractivity contribution >= 4 is 21.9 Å². The van der Waals surface area contributed by atoms with Crippen molar-refractivity contribution in [2.45, 2.75) is 13.1 Å². The summed E-state index contributed by atoms with van der Waals surface area (Å²) in [5, 5.41) is 8.77. The van der Waals surface area contributed by atoms with Gasteiger partial charge in [-0.05, 0) is 53.6 Å². The number of aromatic amines is 2. The summed E-state index contributed by atoms with van der Waals surface area (Å²) in [6.07, 6.45) is 7.58. The highest BCUT2D eigenvalue weighted by Crippen LogP contribution is 2.33. The third-order valence-electron chi connectivity index (χ3n) is 6.45. The van der Waals surface area contributed by atoms with Gasteiger partial charge in [-0.25, -0.2) is 4.98 Å². The molecule has 4 aromatic heterocycles. The molecule has 5 heterocycles. The minimum absolute atomic E-state index is 0.722. The minimum atomic E-state index is 0.722. The SMILES string of the molecule is CN1Cc2cncc(c2)-c2ccc3[nH]nc(c3c2)-c2nc3c(cncc3[nH]2)-c2cccc(c2)C1. The summed E-state index contributed by atoms with van der Waals surface area (Å²) in [6, 6.07) is 17.2. The molecule has 1 aliphatic rings.